The number of benzene rings is 1. The molecule has 2 fully saturated rings. The van der Waals surface area contributed by atoms with Crippen LogP contribution in [-0.2, 0) is 14.3 Å². The second kappa shape index (κ2) is 8.60. The molecule has 2 saturated carbocycles. The molecule has 6 rings (SSSR count). The van der Waals surface area contributed by atoms with Gasteiger partial charge in [-0.25, -0.2) is 4.98 Å². The van der Waals surface area contributed by atoms with E-state index >= 15 is 0 Å². The predicted molar refractivity (Wildman–Crippen MR) is 138 cm³/mol. The van der Waals surface area contributed by atoms with E-state index in [1.54, 1.807) is 0 Å². The second-order valence-corrected chi connectivity index (χ2v) is 11.9. The van der Waals surface area contributed by atoms with Gasteiger partial charge in [0, 0.05) is 17.5 Å². The van der Waals surface area contributed by atoms with Gasteiger partial charge in [-0.15, -0.1) is 0 Å². The molecule has 4 aliphatic carbocycles. The molecular formula is C30H36N2O4. The number of nitrogens with zero attached hydrogens (tertiary/aromatic N) is 2. The molecule has 0 radical (unpaired) electrons. The molecule has 6 nitrogen and oxygen atoms in total. The fraction of sp³-hybridized carbons (Fsp3) is 0.567. The van der Waals surface area contributed by atoms with Crippen molar-refractivity contribution >= 4 is 28.7 Å². The van der Waals surface area contributed by atoms with E-state index in [9.17, 15) is 9.59 Å². The third kappa shape index (κ3) is 3.63. The van der Waals surface area contributed by atoms with E-state index in [0.29, 0.717) is 17.8 Å². The number of carboxylic acids is 1. The van der Waals surface area contributed by atoms with E-state index in [2.05, 4.69) is 59.8 Å². The van der Waals surface area contributed by atoms with Crippen LogP contribution >= 0.6 is 0 Å². The highest BCUT2D eigenvalue weighted by molar-refractivity contribution is 5.80. The standard InChI is InChI=1S/C30H36N2O4/c1-29-15-13-20(36-28(35)12-11-27(33)34)17-19(29)7-8-21-22-9-10-26(30(22,2)16-14-23(21)29)32-18-31-24-5-3-4-6-25(24)32/h3-7,10,18,20-23H,8-9,11-17H2,1-2H3,(H,33,34). The van der Waals surface area contributed by atoms with Gasteiger partial charge >= 0.3 is 11.9 Å². The molecule has 1 aromatic heterocycles. The highest BCUT2D eigenvalue weighted by atomic mass is 16.5. The molecule has 1 N–H and O–H groups in total. The van der Waals surface area contributed by atoms with Crippen LogP contribution < -0.4 is 0 Å². The highest BCUT2D eigenvalue weighted by Gasteiger charge is 2.57. The first-order valence-electron chi connectivity index (χ1n) is 13.5. The van der Waals surface area contributed by atoms with Crippen molar-refractivity contribution in [1.29, 1.82) is 0 Å². The Bertz CT molecular complexity index is 1270. The van der Waals surface area contributed by atoms with Crippen molar-refractivity contribution in [2.75, 3.05) is 0 Å². The number of allylic oxidation sites excluding steroid dienone is 3. The lowest BCUT2D eigenvalue weighted by molar-refractivity contribution is -0.154. The van der Waals surface area contributed by atoms with Crippen molar-refractivity contribution in [3.05, 3.63) is 48.3 Å². The Morgan fingerprint density at radius 1 is 1.06 bits per heavy atom. The molecule has 0 aliphatic heterocycles. The Labute approximate surface area is 212 Å². The summed E-state index contributed by atoms with van der Waals surface area (Å²) in [5.41, 5.74) is 5.46. The Morgan fingerprint density at radius 3 is 2.69 bits per heavy atom. The summed E-state index contributed by atoms with van der Waals surface area (Å²) in [6.45, 7) is 4.93. The minimum Gasteiger partial charge on any atom is -0.481 e. The lowest BCUT2D eigenvalue weighted by Crippen LogP contribution is -2.50. The van der Waals surface area contributed by atoms with E-state index < -0.39 is 5.97 Å². The van der Waals surface area contributed by atoms with Crippen molar-refractivity contribution in [1.82, 2.24) is 9.55 Å². The number of aliphatic carboxylic acids is 1. The first-order valence-corrected chi connectivity index (χ1v) is 13.5. The molecule has 4 aliphatic rings. The molecule has 0 saturated heterocycles. The number of ether oxygens (including phenoxy) is 1. The maximum atomic E-state index is 12.1. The summed E-state index contributed by atoms with van der Waals surface area (Å²) in [6, 6.07) is 8.42. The Morgan fingerprint density at radius 2 is 1.86 bits per heavy atom. The Balaban J connectivity index is 1.20. The number of carbonyl (C=O) groups is 2. The SMILES string of the molecule is CC12CCC(OC(=O)CCC(=O)O)CC1=CCC1C2CCC2(C)C(n3cnc4ccccc43)=CCC12. The van der Waals surface area contributed by atoms with Gasteiger partial charge in [0.2, 0.25) is 0 Å². The molecule has 190 valence electrons. The van der Waals surface area contributed by atoms with E-state index in [1.807, 2.05) is 6.33 Å². The molecule has 6 atom stereocenters. The highest BCUT2D eigenvalue weighted by Crippen LogP contribution is 2.65. The Hall–Kier alpha value is -2.89. The van der Waals surface area contributed by atoms with Gasteiger partial charge in [0.1, 0.15) is 12.4 Å². The van der Waals surface area contributed by atoms with E-state index in [-0.39, 0.29) is 35.7 Å². The molecule has 36 heavy (non-hydrogen) atoms. The van der Waals surface area contributed by atoms with Crippen LogP contribution in [0.25, 0.3) is 16.7 Å². The number of hydrogen-bond donors (Lipinski definition) is 1. The van der Waals surface area contributed by atoms with Gasteiger partial charge in [-0.1, -0.05) is 43.7 Å². The van der Waals surface area contributed by atoms with Gasteiger partial charge in [0.15, 0.2) is 0 Å². The monoisotopic (exact) mass is 488 g/mol. The first kappa shape index (κ1) is 23.5. The largest absolute Gasteiger partial charge is 0.481 e. The zero-order valence-electron chi connectivity index (χ0n) is 21.3. The van der Waals surface area contributed by atoms with Crippen LogP contribution in [0.5, 0.6) is 0 Å². The van der Waals surface area contributed by atoms with Crippen LogP contribution in [0.15, 0.2) is 48.3 Å². The molecule has 1 aromatic carbocycles. The summed E-state index contributed by atoms with van der Waals surface area (Å²) in [7, 11) is 0. The molecular weight excluding hydrogens is 452 g/mol. The van der Waals surface area contributed by atoms with Crippen molar-refractivity contribution in [3.63, 3.8) is 0 Å². The van der Waals surface area contributed by atoms with Crippen LogP contribution in [0.1, 0.15) is 71.6 Å². The van der Waals surface area contributed by atoms with Gasteiger partial charge in [-0.05, 0) is 73.8 Å². The van der Waals surface area contributed by atoms with E-state index in [4.69, 9.17) is 9.84 Å². The molecule has 0 amide bonds. The van der Waals surface area contributed by atoms with E-state index in [1.165, 1.54) is 29.6 Å². The quantitative estimate of drug-likeness (QED) is 0.399. The number of aromatic nitrogens is 2. The summed E-state index contributed by atoms with van der Waals surface area (Å²) in [5.74, 6) is 0.611. The molecule has 2 aromatic rings. The molecule has 0 bridgehead atoms. The van der Waals surface area contributed by atoms with Gasteiger partial charge in [0.05, 0.1) is 23.9 Å². The van der Waals surface area contributed by atoms with Gasteiger partial charge in [-0.2, -0.15) is 0 Å². The van der Waals surface area contributed by atoms with Crippen molar-refractivity contribution in [2.45, 2.75) is 77.7 Å². The Kier molecular flexibility index (Phi) is 5.62. The van der Waals surface area contributed by atoms with Gasteiger partial charge in [-0.3, -0.25) is 9.59 Å². The maximum absolute atomic E-state index is 12.1. The number of rotatable bonds is 5. The number of esters is 1. The fourth-order valence-electron chi connectivity index (χ4n) is 8.25. The number of hydrogen-bond acceptors (Lipinski definition) is 4. The first-order chi connectivity index (χ1) is 17.3. The number of fused-ring (bicyclic) bond motifs is 6. The summed E-state index contributed by atoms with van der Waals surface area (Å²) in [6.07, 6.45) is 14.0. The normalized spacial score (nSPS) is 35.3. The molecule has 1 heterocycles. The predicted octanol–water partition coefficient (Wildman–Crippen LogP) is 6.23. The van der Waals surface area contributed by atoms with Gasteiger partial charge in [0.25, 0.3) is 0 Å². The fourth-order valence-corrected chi connectivity index (χ4v) is 8.25. The number of para-hydroxylation sites is 2. The average molecular weight is 489 g/mol. The maximum Gasteiger partial charge on any atom is 0.306 e. The van der Waals surface area contributed by atoms with Crippen LogP contribution in [0.3, 0.4) is 0 Å². The number of carboxylic acid groups (broad SMARTS) is 1. The third-order valence-corrected chi connectivity index (χ3v) is 10.2. The topological polar surface area (TPSA) is 81.4 Å². The van der Waals surface area contributed by atoms with E-state index in [0.717, 1.165) is 37.6 Å². The lowest BCUT2D eigenvalue weighted by Gasteiger charge is -2.57. The minimum atomic E-state index is -0.959. The number of imidazole rings is 1. The van der Waals surface area contributed by atoms with Crippen molar-refractivity contribution in [2.24, 2.45) is 28.6 Å². The van der Waals surface area contributed by atoms with Crippen molar-refractivity contribution < 1.29 is 19.4 Å². The zero-order chi connectivity index (χ0) is 25.1. The summed E-state index contributed by atoms with van der Waals surface area (Å²) in [5, 5.41) is 8.84. The molecule has 6 unspecified atom stereocenters. The zero-order valence-corrected chi connectivity index (χ0v) is 21.3. The smallest absolute Gasteiger partial charge is 0.306 e. The summed E-state index contributed by atoms with van der Waals surface area (Å²) >= 11 is 0. The minimum absolute atomic E-state index is 0.0470. The molecule has 6 heteroatoms. The summed E-state index contributed by atoms with van der Waals surface area (Å²) in [4.78, 5) is 27.6. The van der Waals surface area contributed by atoms with Crippen LogP contribution in [0, 0.1) is 28.6 Å². The van der Waals surface area contributed by atoms with Crippen molar-refractivity contribution in [3.8, 4) is 0 Å². The summed E-state index contributed by atoms with van der Waals surface area (Å²) < 4.78 is 8.03. The third-order valence-electron chi connectivity index (χ3n) is 10.2. The van der Waals surface area contributed by atoms with Gasteiger partial charge < -0.3 is 14.4 Å². The molecule has 0 spiro atoms. The second-order valence-electron chi connectivity index (χ2n) is 11.9. The average Bonchev–Trinajstić information content (AvgIpc) is 3.43. The lowest BCUT2D eigenvalue weighted by atomic mass is 9.47. The number of carbonyl (C=O) groups excluding carboxylic acids is 1. The van der Waals surface area contributed by atoms with Crippen LogP contribution in [0.4, 0.5) is 0 Å². The van der Waals surface area contributed by atoms with Crippen LogP contribution in [-0.4, -0.2) is 32.7 Å². The van der Waals surface area contributed by atoms with Crippen LogP contribution in [0.2, 0.25) is 0 Å².